The molecular weight excluding hydrogens is 228 g/mol. The van der Waals surface area contributed by atoms with Gasteiger partial charge in [-0.1, -0.05) is 11.1 Å². The lowest BCUT2D eigenvalue weighted by atomic mass is 10.3. The van der Waals surface area contributed by atoms with Gasteiger partial charge in [0.1, 0.15) is 11.9 Å². The highest BCUT2D eigenvalue weighted by Gasteiger charge is 2.09. The molecule has 0 aliphatic carbocycles. The van der Waals surface area contributed by atoms with Gasteiger partial charge in [-0.3, -0.25) is 4.79 Å². The summed E-state index contributed by atoms with van der Waals surface area (Å²) in [6.07, 6.45) is 4.52. The molecule has 0 atom stereocenters. The quantitative estimate of drug-likeness (QED) is 0.352. The van der Waals surface area contributed by atoms with Gasteiger partial charge in [-0.25, -0.2) is 4.98 Å². The van der Waals surface area contributed by atoms with Crippen molar-refractivity contribution in [3.05, 3.63) is 34.2 Å². The Morgan fingerprint density at radius 1 is 1.71 bits per heavy atom. The Bertz CT molecular complexity index is 426. The van der Waals surface area contributed by atoms with Crippen molar-refractivity contribution in [2.45, 2.75) is 6.42 Å². The van der Waals surface area contributed by atoms with Crippen LogP contribution in [0.1, 0.15) is 5.69 Å². The van der Waals surface area contributed by atoms with E-state index in [1.54, 1.807) is 6.08 Å². The summed E-state index contributed by atoms with van der Waals surface area (Å²) in [5.74, 6) is -0.647. The van der Waals surface area contributed by atoms with Crippen LogP contribution in [-0.2, 0) is 11.2 Å². The van der Waals surface area contributed by atoms with Gasteiger partial charge in [0, 0.05) is 13.0 Å². The third kappa shape index (κ3) is 4.43. The largest absolute Gasteiger partial charge is 0.432 e. The number of hydrogen-bond donors (Lipinski definition) is 3. The van der Waals surface area contributed by atoms with E-state index in [1.165, 1.54) is 12.3 Å². The van der Waals surface area contributed by atoms with Crippen LogP contribution in [0.25, 0.3) is 0 Å². The molecule has 1 aromatic heterocycles. The van der Waals surface area contributed by atoms with Crippen molar-refractivity contribution in [1.29, 1.82) is 0 Å². The van der Waals surface area contributed by atoms with Gasteiger partial charge in [0.05, 0.1) is 6.61 Å². The van der Waals surface area contributed by atoms with E-state index in [1.807, 2.05) is 0 Å². The molecule has 0 unspecified atom stereocenters. The van der Waals surface area contributed by atoms with Crippen LogP contribution in [0, 0.1) is 10.1 Å². The predicted octanol–water partition coefficient (Wildman–Crippen LogP) is -0.475. The van der Waals surface area contributed by atoms with E-state index in [-0.39, 0.29) is 25.0 Å². The number of allylic oxidation sites excluding steroid dienone is 1. The number of amides is 1. The van der Waals surface area contributed by atoms with Gasteiger partial charge >= 0.3 is 5.95 Å². The van der Waals surface area contributed by atoms with Gasteiger partial charge in [0.2, 0.25) is 5.91 Å². The van der Waals surface area contributed by atoms with Crippen LogP contribution in [0.3, 0.4) is 0 Å². The minimum absolute atomic E-state index is 0.119. The number of nitrogens with one attached hydrogen (secondary N) is 2. The lowest BCUT2D eigenvalue weighted by molar-refractivity contribution is -0.393. The summed E-state index contributed by atoms with van der Waals surface area (Å²) in [7, 11) is 0. The van der Waals surface area contributed by atoms with Crippen molar-refractivity contribution in [3.8, 4) is 0 Å². The molecule has 92 valence electrons. The first-order valence-electron chi connectivity index (χ1n) is 4.87. The highest BCUT2D eigenvalue weighted by molar-refractivity contribution is 5.87. The molecule has 0 aliphatic rings. The molecule has 1 rings (SSSR count). The van der Waals surface area contributed by atoms with E-state index in [0.717, 1.165) is 0 Å². The Labute approximate surface area is 96.5 Å². The predicted molar refractivity (Wildman–Crippen MR) is 58.2 cm³/mol. The van der Waals surface area contributed by atoms with Gasteiger partial charge < -0.3 is 20.5 Å². The minimum atomic E-state index is -0.624. The zero-order valence-electron chi connectivity index (χ0n) is 8.92. The summed E-state index contributed by atoms with van der Waals surface area (Å²) >= 11 is 0. The van der Waals surface area contributed by atoms with Crippen LogP contribution in [-0.4, -0.2) is 39.1 Å². The molecular formula is C9H12N4O4. The second-order valence-corrected chi connectivity index (χ2v) is 3.11. The second kappa shape index (κ2) is 6.38. The fourth-order valence-corrected chi connectivity index (χ4v) is 1.07. The summed E-state index contributed by atoms with van der Waals surface area (Å²) < 4.78 is 0. The van der Waals surface area contributed by atoms with E-state index >= 15 is 0 Å². The first-order valence-corrected chi connectivity index (χ1v) is 4.87. The monoisotopic (exact) mass is 240 g/mol. The number of aliphatic hydroxyl groups is 1. The smallest absolute Gasteiger partial charge is 0.395 e. The number of carbonyl (C=O) groups excluding carboxylic acids is 1. The van der Waals surface area contributed by atoms with Gasteiger partial charge in [-0.2, -0.15) is 0 Å². The van der Waals surface area contributed by atoms with Gasteiger partial charge in [-0.15, -0.1) is 0 Å². The van der Waals surface area contributed by atoms with Crippen LogP contribution < -0.4 is 5.32 Å². The maximum absolute atomic E-state index is 11.1. The van der Waals surface area contributed by atoms with Gasteiger partial charge in [-0.05, 0) is 11.0 Å². The number of nitro groups is 1. The lowest BCUT2D eigenvalue weighted by Gasteiger charge is -1.96. The van der Waals surface area contributed by atoms with E-state index in [0.29, 0.717) is 12.1 Å². The highest BCUT2D eigenvalue weighted by atomic mass is 16.6. The van der Waals surface area contributed by atoms with E-state index in [4.69, 9.17) is 5.11 Å². The summed E-state index contributed by atoms with van der Waals surface area (Å²) in [5, 5.41) is 21.2. The number of carbonyl (C=O) groups is 1. The van der Waals surface area contributed by atoms with E-state index in [9.17, 15) is 14.9 Å². The number of H-pyrrole nitrogens is 1. The zero-order chi connectivity index (χ0) is 12.7. The van der Waals surface area contributed by atoms with Crippen LogP contribution in [0.15, 0.2) is 18.3 Å². The Balaban J connectivity index is 2.41. The van der Waals surface area contributed by atoms with Crippen molar-refractivity contribution in [2.24, 2.45) is 0 Å². The molecule has 0 aromatic carbocycles. The van der Waals surface area contributed by atoms with Crippen LogP contribution in [0.5, 0.6) is 0 Å². The van der Waals surface area contributed by atoms with Crippen molar-refractivity contribution in [2.75, 3.05) is 13.2 Å². The fourth-order valence-electron chi connectivity index (χ4n) is 1.07. The molecule has 3 N–H and O–H groups in total. The molecule has 1 amide bonds. The van der Waals surface area contributed by atoms with Crippen LogP contribution in [0.4, 0.5) is 5.95 Å². The molecule has 1 heterocycles. The zero-order valence-corrected chi connectivity index (χ0v) is 8.92. The summed E-state index contributed by atoms with van der Waals surface area (Å²) in [4.78, 5) is 26.8. The number of aromatic nitrogens is 2. The van der Waals surface area contributed by atoms with Crippen LogP contribution >= 0.6 is 0 Å². The van der Waals surface area contributed by atoms with Gasteiger partial charge in [0.15, 0.2) is 0 Å². The Hall–Kier alpha value is -2.22. The Morgan fingerprint density at radius 3 is 3.06 bits per heavy atom. The average molecular weight is 240 g/mol. The topological polar surface area (TPSA) is 121 Å². The normalized spacial score (nSPS) is 10.6. The fraction of sp³-hybridized carbons (Fsp3) is 0.333. The Kier molecular flexibility index (Phi) is 4.82. The molecule has 8 heteroatoms. The number of hydrogen-bond acceptors (Lipinski definition) is 5. The third-order valence-corrected chi connectivity index (χ3v) is 1.81. The SMILES string of the molecule is O=C(/C=C/Cc1cnc([N+](=O)[O-])[nH]1)NCCO. The highest BCUT2D eigenvalue weighted by Crippen LogP contribution is 2.05. The molecule has 0 fully saturated rings. The number of aromatic amines is 1. The maximum Gasteiger partial charge on any atom is 0.432 e. The third-order valence-electron chi connectivity index (χ3n) is 1.81. The number of nitrogens with zero attached hydrogens (tertiary/aromatic N) is 2. The molecule has 0 aliphatic heterocycles. The van der Waals surface area contributed by atoms with E-state index in [2.05, 4.69) is 15.3 Å². The molecule has 1 aromatic rings. The Morgan fingerprint density at radius 2 is 2.47 bits per heavy atom. The molecule has 0 bridgehead atoms. The first kappa shape index (κ1) is 12.8. The standard InChI is InChI=1S/C9H12N4O4/c14-5-4-10-8(15)3-1-2-7-6-11-9(12-7)13(16)17/h1,3,6,14H,2,4-5H2,(H,10,15)(H,11,12)/b3-1+. The molecule has 0 saturated carbocycles. The molecule has 17 heavy (non-hydrogen) atoms. The minimum Gasteiger partial charge on any atom is -0.395 e. The van der Waals surface area contributed by atoms with Crippen molar-refractivity contribution >= 4 is 11.9 Å². The molecule has 0 saturated heterocycles. The summed E-state index contributed by atoms with van der Waals surface area (Å²) in [6.45, 7) is 0.0744. The van der Waals surface area contributed by atoms with E-state index < -0.39 is 4.92 Å². The first-order chi connectivity index (χ1) is 8.13. The number of aliphatic hydroxyl groups excluding tert-OH is 1. The summed E-state index contributed by atoms with van der Waals surface area (Å²) in [5.41, 5.74) is 0.544. The molecule has 0 radical (unpaired) electrons. The molecule has 8 nitrogen and oxygen atoms in total. The van der Waals surface area contributed by atoms with Crippen molar-refractivity contribution in [1.82, 2.24) is 15.3 Å². The average Bonchev–Trinajstić information content (AvgIpc) is 2.75. The lowest BCUT2D eigenvalue weighted by Crippen LogP contribution is -2.24. The van der Waals surface area contributed by atoms with Crippen LogP contribution in [0.2, 0.25) is 0 Å². The maximum atomic E-state index is 11.1. The van der Waals surface area contributed by atoms with Crippen molar-refractivity contribution in [3.63, 3.8) is 0 Å². The molecule has 0 spiro atoms. The summed E-state index contributed by atoms with van der Waals surface area (Å²) in [6, 6.07) is 0. The van der Waals surface area contributed by atoms with Gasteiger partial charge in [0.25, 0.3) is 0 Å². The number of rotatable bonds is 6. The van der Waals surface area contributed by atoms with Crippen molar-refractivity contribution < 1.29 is 14.8 Å². The number of imidazole rings is 1. The second-order valence-electron chi connectivity index (χ2n) is 3.11.